The minimum absolute atomic E-state index is 0.572. The molecule has 0 spiro atoms. The van der Waals surface area contributed by atoms with Gasteiger partial charge in [-0.1, -0.05) is 6.07 Å². The molecule has 1 aromatic heterocycles. The summed E-state index contributed by atoms with van der Waals surface area (Å²) < 4.78 is 0. The Morgan fingerprint density at radius 3 is 2.35 bits per heavy atom. The summed E-state index contributed by atoms with van der Waals surface area (Å²) in [6, 6.07) is 8.97. The van der Waals surface area contributed by atoms with Crippen LogP contribution in [0.1, 0.15) is 23.6 Å². The molecule has 23 heavy (non-hydrogen) atoms. The van der Waals surface area contributed by atoms with Crippen molar-refractivity contribution in [3.63, 3.8) is 0 Å². The zero-order valence-corrected chi connectivity index (χ0v) is 13.3. The van der Waals surface area contributed by atoms with Crippen LogP contribution in [0.4, 0.5) is 5.69 Å². The van der Waals surface area contributed by atoms with E-state index in [2.05, 4.69) is 20.8 Å². The van der Waals surface area contributed by atoms with Crippen LogP contribution in [-0.4, -0.2) is 22.5 Å². The summed E-state index contributed by atoms with van der Waals surface area (Å²) >= 11 is 0. The molecule has 2 aromatic rings. The molecule has 0 bridgehead atoms. The molecule has 0 saturated heterocycles. The Labute approximate surface area is 134 Å². The van der Waals surface area contributed by atoms with Gasteiger partial charge >= 0.3 is 11.8 Å². The Bertz CT molecular complexity index is 754. The van der Waals surface area contributed by atoms with Crippen molar-refractivity contribution in [2.75, 3.05) is 5.32 Å². The van der Waals surface area contributed by atoms with Crippen molar-refractivity contribution < 1.29 is 9.59 Å². The van der Waals surface area contributed by atoms with E-state index in [-0.39, 0.29) is 0 Å². The average molecular weight is 310 g/mol. The lowest BCUT2D eigenvalue weighted by Gasteiger charge is -2.07. The molecule has 0 aliphatic carbocycles. The highest BCUT2D eigenvalue weighted by atomic mass is 16.2. The van der Waals surface area contributed by atoms with E-state index in [1.165, 1.54) is 0 Å². The molecule has 0 aliphatic rings. The van der Waals surface area contributed by atoms with E-state index in [1.807, 2.05) is 26.0 Å². The van der Waals surface area contributed by atoms with Gasteiger partial charge in [0.05, 0.1) is 5.71 Å². The number of hydrogen-bond acceptors (Lipinski definition) is 4. The smallest absolute Gasteiger partial charge is 0.318 e. The van der Waals surface area contributed by atoms with Gasteiger partial charge in [-0.3, -0.25) is 14.6 Å². The molecular formula is C17H18N4O2. The predicted molar refractivity (Wildman–Crippen MR) is 89.1 cm³/mol. The number of nitrogens with zero attached hydrogens (tertiary/aromatic N) is 2. The fraction of sp³-hybridized carbons (Fsp3) is 0.176. The Morgan fingerprint density at radius 1 is 1.00 bits per heavy atom. The largest absolute Gasteiger partial charge is 0.329 e. The maximum Gasteiger partial charge on any atom is 0.329 e. The van der Waals surface area contributed by atoms with Crippen molar-refractivity contribution in [2.45, 2.75) is 20.8 Å². The molecule has 0 aliphatic heterocycles. The van der Waals surface area contributed by atoms with Gasteiger partial charge in [0.1, 0.15) is 0 Å². The van der Waals surface area contributed by atoms with E-state index in [1.54, 1.807) is 37.5 Å². The van der Waals surface area contributed by atoms with Crippen molar-refractivity contribution in [1.82, 2.24) is 10.4 Å². The highest BCUT2D eigenvalue weighted by Gasteiger charge is 2.13. The quantitative estimate of drug-likeness (QED) is 0.518. The first-order valence-corrected chi connectivity index (χ1v) is 7.10. The number of benzene rings is 1. The molecule has 0 atom stereocenters. The summed E-state index contributed by atoms with van der Waals surface area (Å²) in [5, 5.41) is 6.46. The lowest BCUT2D eigenvalue weighted by molar-refractivity contribution is -0.136. The van der Waals surface area contributed by atoms with Crippen molar-refractivity contribution in [2.24, 2.45) is 5.10 Å². The fourth-order valence-electron chi connectivity index (χ4n) is 1.85. The van der Waals surface area contributed by atoms with E-state index >= 15 is 0 Å². The number of pyridine rings is 1. The van der Waals surface area contributed by atoms with Gasteiger partial charge in [0.15, 0.2) is 0 Å². The zero-order valence-electron chi connectivity index (χ0n) is 13.3. The molecule has 0 radical (unpaired) electrons. The number of carbonyl (C=O) groups is 2. The Morgan fingerprint density at radius 2 is 1.70 bits per heavy atom. The summed E-state index contributed by atoms with van der Waals surface area (Å²) in [5.41, 5.74) is 6.37. The Hall–Kier alpha value is -3.02. The number of amides is 2. The van der Waals surface area contributed by atoms with Crippen molar-refractivity contribution in [3.8, 4) is 0 Å². The van der Waals surface area contributed by atoms with E-state index in [0.717, 1.165) is 16.7 Å². The summed E-state index contributed by atoms with van der Waals surface area (Å²) in [6.07, 6.45) is 3.26. The van der Waals surface area contributed by atoms with Crippen LogP contribution in [0.5, 0.6) is 0 Å². The lowest BCUT2D eigenvalue weighted by atomic mass is 10.1. The minimum Gasteiger partial charge on any atom is -0.318 e. The summed E-state index contributed by atoms with van der Waals surface area (Å²) in [5.74, 6) is -1.59. The van der Waals surface area contributed by atoms with Crippen molar-refractivity contribution in [1.29, 1.82) is 0 Å². The monoisotopic (exact) mass is 310 g/mol. The van der Waals surface area contributed by atoms with Gasteiger partial charge in [-0.25, -0.2) is 5.43 Å². The van der Waals surface area contributed by atoms with Crippen molar-refractivity contribution in [3.05, 3.63) is 59.4 Å². The summed E-state index contributed by atoms with van der Waals surface area (Å²) in [4.78, 5) is 27.6. The maximum absolute atomic E-state index is 11.9. The molecule has 2 amide bonds. The first kappa shape index (κ1) is 16.4. The SMILES string of the molecule is C/C(=N\NC(=O)C(=O)Nc1ccc(C)c(C)c1)c1ccncc1. The standard InChI is InChI=1S/C17H18N4O2/c1-11-4-5-15(10-12(11)2)19-16(22)17(23)21-20-13(3)14-6-8-18-9-7-14/h4-10H,1-3H3,(H,19,22)(H,21,23)/b20-13+. The van der Waals surface area contributed by atoms with Gasteiger partial charge in [0.25, 0.3) is 0 Å². The van der Waals surface area contributed by atoms with Gasteiger partial charge in [-0.15, -0.1) is 0 Å². The van der Waals surface area contributed by atoms with Gasteiger partial charge < -0.3 is 5.32 Å². The average Bonchev–Trinajstić information content (AvgIpc) is 2.56. The number of aromatic nitrogens is 1. The lowest BCUT2D eigenvalue weighted by Crippen LogP contribution is -2.33. The topological polar surface area (TPSA) is 83.5 Å². The number of hydrazone groups is 1. The molecule has 1 heterocycles. The zero-order chi connectivity index (χ0) is 16.8. The van der Waals surface area contributed by atoms with Gasteiger partial charge in [-0.05, 0) is 56.2 Å². The second kappa shape index (κ2) is 7.31. The second-order valence-corrected chi connectivity index (χ2v) is 5.13. The Kier molecular flexibility index (Phi) is 5.19. The first-order chi connectivity index (χ1) is 11.0. The second-order valence-electron chi connectivity index (χ2n) is 5.13. The molecule has 6 nitrogen and oxygen atoms in total. The number of carbonyl (C=O) groups excluding carboxylic acids is 2. The molecule has 2 N–H and O–H groups in total. The van der Waals surface area contributed by atoms with Crippen LogP contribution in [0.25, 0.3) is 0 Å². The molecule has 0 fully saturated rings. The van der Waals surface area contributed by atoms with E-state index in [0.29, 0.717) is 11.4 Å². The third-order valence-corrected chi connectivity index (χ3v) is 3.39. The third kappa shape index (κ3) is 4.47. The molecule has 118 valence electrons. The first-order valence-electron chi connectivity index (χ1n) is 7.10. The van der Waals surface area contributed by atoms with Gasteiger partial charge in [0.2, 0.25) is 0 Å². The molecule has 6 heteroatoms. The number of hydrogen-bond donors (Lipinski definition) is 2. The molecule has 0 saturated carbocycles. The van der Waals surface area contributed by atoms with Crippen LogP contribution >= 0.6 is 0 Å². The van der Waals surface area contributed by atoms with Crippen LogP contribution in [0.15, 0.2) is 47.8 Å². The summed E-state index contributed by atoms with van der Waals surface area (Å²) in [6.45, 7) is 5.65. The minimum atomic E-state index is -0.823. The van der Waals surface area contributed by atoms with Crippen LogP contribution < -0.4 is 10.7 Å². The van der Waals surface area contributed by atoms with Gasteiger partial charge in [-0.2, -0.15) is 5.10 Å². The number of aryl methyl sites for hydroxylation is 2. The van der Waals surface area contributed by atoms with Crippen molar-refractivity contribution >= 4 is 23.2 Å². The van der Waals surface area contributed by atoms with Crippen LogP contribution in [-0.2, 0) is 9.59 Å². The maximum atomic E-state index is 11.9. The molecule has 1 aromatic carbocycles. The molecule has 2 rings (SSSR count). The van der Waals surface area contributed by atoms with Gasteiger partial charge in [0, 0.05) is 23.6 Å². The van der Waals surface area contributed by atoms with E-state index in [9.17, 15) is 9.59 Å². The molecule has 0 unspecified atom stereocenters. The van der Waals surface area contributed by atoms with Crippen LogP contribution in [0.3, 0.4) is 0 Å². The number of anilines is 1. The fourth-order valence-corrected chi connectivity index (χ4v) is 1.85. The third-order valence-electron chi connectivity index (χ3n) is 3.39. The number of nitrogens with one attached hydrogen (secondary N) is 2. The molecular weight excluding hydrogens is 292 g/mol. The van der Waals surface area contributed by atoms with Crippen LogP contribution in [0, 0.1) is 13.8 Å². The summed E-state index contributed by atoms with van der Waals surface area (Å²) in [7, 11) is 0. The normalized spacial score (nSPS) is 11.0. The highest BCUT2D eigenvalue weighted by Crippen LogP contribution is 2.13. The van der Waals surface area contributed by atoms with Crippen LogP contribution in [0.2, 0.25) is 0 Å². The highest BCUT2D eigenvalue weighted by molar-refractivity contribution is 6.39. The Balaban J connectivity index is 1.97. The van der Waals surface area contributed by atoms with E-state index in [4.69, 9.17) is 0 Å². The van der Waals surface area contributed by atoms with E-state index < -0.39 is 11.8 Å². The predicted octanol–water partition coefficient (Wildman–Crippen LogP) is 2.18. The number of rotatable bonds is 3.